The predicted octanol–water partition coefficient (Wildman–Crippen LogP) is 2.06. The summed E-state index contributed by atoms with van der Waals surface area (Å²) in [6, 6.07) is -0.344. The molecule has 1 amide bonds. The lowest BCUT2D eigenvalue weighted by Gasteiger charge is -2.16. The highest BCUT2D eigenvalue weighted by Crippen LogP contribution is 2.27. The Labute approximate surface area is 116 Å². The largest absolute Gasteiger partial charge is 0.397 e. The van der Waals surface area contributed by atoms with Gasteiger partial charge in [-0.3, -0.25) is 4.79 Å². The summed E-state index contributed by atoms with van der Waals surface area (Å²) < 4.78 is 0.789. The fourth-order valence-corrected chi connectivity index (χ4v) is 1.81. The van der Waals surface area contributed by atoms with E-state index in [1.807, 2.05) is 13.8 Å². The summed E-state index contributed by atoms with van der Waals surface area (Å²) in [5.74, 6) is 0.584. The summed E-state index contributed by atoms with van der Waals surface area (Å²) in [6.45, 7) is 6.39. The number of carbonyl (C=O) groups excluding carboxylic acids is 1. The monoisotopic (exact) mass is 314 g/mol. The van der Waals surface area contributed by atoms with Crippen LogP contribution in [0.15, 0.2) is 10.7 Å². The maximum atomic E-state index is 11.7. The molecule has 1 heterocycles. The van der Waals surface area contributed by atoms with Gasteiger partial charge >= 0.3 is 0 Å². The van der Waals surface area contributed by atoms with Crippen LogP contribution in [0.4, 0.5) is 11.5 Å². The van der Waals surface area contributed by atoms with Gasteiger partial charge < -0.3 is 16.4 Å². The molecule has 5 nitrogen and oxygen atoms in total. The lowest BCUT2D eigenvalue weighted by molar-refractivity contribution is -0.121. The molecule has 0 bridgehead atoms. The van der Waals surface area contributed by atoms with Crippen molar-refractivity contribution in [2.75, 3.05) is 17.6 Å². The van der Waals surface area contributed by atoms with Crippen LogP contribution in [0.25, 0.3) is 0 Å². The van der Waals surface area contributed by atoms with Crippen LogP contribution in [-0.2, 0) is 4.79 Å². The Balaban J connectivity index is 2.73. The number of nitrogens with two attached hydrogens (primary N) is 1. The van der Waals surface area contributed by atoms with Crippen LogP contribution < -0.4 is 16.4 Å². The maximum absolute atomic E-state index is 11.7. The maximum Gasteiger partial charge on any atom is 0.242 e. The SMILES string of the molecule is CCCNC(=O)C(C)Nc1ncc(N)c(C)c1Br. The average Bonchev–Trinajstić information content (AvgIpc) is 2.36. The van der Waals surface area contributed by atoms with Gasteiger partial charge in [0.1, 0.15) is 11.9 Å². The number of nitrogens with zero attached hydrogens (tertiary/aromatic N) is 1. The zero-order valence-corrected chi connectivity index (χ0v) is 12.5. The lowest BCUT2D eigenvalue weighted by atomic mass is 10.2. The molecule has 0 aliphatic carbocycles. The van der Waals surface area contributed by atoms with Gasteiger partial charge in [0.15, 0.2) is 0 Å². The molecule has 0 saturated carbocycles. The molecule has 1 rings (SSSR count). The fourth-order valence-electron chi connectivity index (χ4n) is 1.36. The normalized spacial score (nSPS) is 12.0. The third-order valence-corrected chi connectivity index (χ3v) is 3.57. The van der Waals surface area contributed by atoms with Crippen LogP contribution in [0, 0.1) is 6.92 Å². The Hall–Kier alpha value is -1.30. The molecule has 1 aromatic rings. The molecule has 0 radical (unpaired) electrons. The Bertz CT molecular complexity index is 436. The van der Waals surface area contributed by atoms with E-state index < -0.39 is 0 Å². The van der Waals surface area contributed by atoms with E-state index >= 15 is 0 Å². The number of carbonyl (C=O) groups is 1. The molecule has 0 aliphatic heterocycles. The number of amides is 1. The summed E-state index contributed by atoms with van der Waals surface area (Å²) in [5.41, 5.74) is 7.28. The second-order valence-electron chi connectivity index (χ2n) is 4.16. The van der Waals surface area contributed by atoms with Crippen LogP contribution >= 0.6 is 15.9 Å². The molecule has 0 aliphatic rings. The molecule has 0 saturated heterocycles. The Morgan fingerprint density at radius 2 is 2.28 bits per heavy atom. The van der Waals surface area contributed by atoms with Crippen molar-refractivity contribution in [1.29, 1.82) is 0 Å². The number of hydrogen-bond donors (Lipinski definition) is 3. The number of anilines is 2. The molecule has 18 heavy (non-hydrogen) atoms. The van der Waals surface area contributed by atoms with Gasteiger partial charge in [0.2, 0.25) is 5.91 Å². The first kappa shape index (κ1) is 14.8. The molecule has 1 unspecified atom stereocenters. The number of nitrogens with one attached hydrogen (secondary N) is 2. The van der Waals surface area contributed by atoms with Crippen molar-refractivity contribution in [3.63, 3.8) is 0 Å². The topological polar surface area (TPSA) is 80.0 Å². The van der Waals surface area contributed by atoms with Gasteiger partial charge in [-0.2, -0.15) is 0 Å². The minimum atomic E-state index is -0.344. The first-order valence-electron chi connectivity index (χ1n) is 5.92. The van der Waals surface area contributed by atoms with Crippen LogP contribution in [0.2, 0.25) is 0 Å². The van der Waals surface area contributed by atoms with Crippen molar-refractivity contribution < 1.29 is 4.79 Å². The number of hydrogen-bond acceptors (Lipinski definition) is 4. The molecular formula is C12H19BrN4O. The molecule has 1 aromatic heterocycles. The van der Waals surface area contributed by atoms with E-state index in [4.69, 9.17) is 5.73 Å². The fraction of sp³-hybridized carbons (Fsp3) is 0.500. The van der Waals surface area contributed by atoms with E-state index in [2.05, 4.69) is 31.5 Å². The number of aromatic nitrogens is 1. The molecule has 6 heteroatoms. The predicted molar refractivity (Wildman–Crippen MR) is 77.5 cm³/mol. The van der Waals surface area contributed by atoms with E-state index in [-0.39, 0.29) is 11.9 Å². The zero-order valence-electron chi connectivity index (χ0n) is 10.9. The Morgan fingerprint density at radius 3 is 2.89 bits per heavy atom. The van der Waals surface area contributed by atoms with E-state index in [1.54, 1.807) is 13.1 Å². The number of rotatable bonds is 5. The van der Waals surface area contributed by atoms with Gasteiger partial charge in [0.05, 0.1) is 16.4 Å². The van der Waals surface area contributed by atoms with Gasteiger partial charge in [0, 0.05) is 6.54 Å². The van der Waals surface area contributed by atoms with Gasteiger partial charge in [-0.1, -0.05) is 6.92 Å². The summed E-state index contributed by atoms with van der Waals surface area (Å²) in [7, 11) is 0. The second-order valence-corrected chi connectivity index (χ2v) is 4.95. The van der Waals surface area contributed by atoms with Crippen molar-refractivity contribution in [2.45, 2.75) is 33.2 Å². The molecule has 0 spiro atoms. The standard InChI is InChI=1S/C12H19BrN4O/c1-4-5-15-12(18)8(3)17-11-10(13)7(2)9(14)6-16-11/h6,8H,4-5,14H2,1-3H3,(H,15,18)(H,16,17). The van der Waals surface area contributed by atoms with Crippen LogP contribution in [-0.4, -0.2) is 23.5 Å². The molecule has 0 fully saturated rings. The van der Waals surface area contributed by atoms with E-state index in [0.717, 1.165) is 16.5 Å². The number of nitrogen functional groups attached to an aromatic ring is 1. The van der Waals surface area contributed by atoms with Gasteiger partial charge in [-0.05, 0) is 41.8 Å². The summed E-state index contributed by atoms with van der Waals surface area (Å²) in [5, 5.41) is 5.89. The molecule has 1 atom stereocenters. The second kappa shape index (κ2) is 6.58. The summed E-state index contributed by atoms with van der Waals surface area (Å²) in [6.07, 6.45) is 2.50. The van der Waals surface area contributed by atoms with E-state index in [9.17, 15) is 4.79 Å². The van der Waals surface area contributed by atoms with Crippen LogP contribution in [0.3, 0.4) is 0 Å². The van der Waals surface area contributed by atoms with Crippen molar-refractivity contribution in [2.24, 2.45) is 0 Å². The lowest BCUT2D eigenvalue weighted by Crippen LogP contribution is -2.38. The van der Waals surface area contributed by atoms with Crippen molar-refractivity contribution in [3.8, 4) is 0 Å². The average molecular weight is 315 g/mol. The highest BCUT2D eigenvalue weighted by molar-refractivity contribution is 9.10. The Morgan fingerprint density at radius 1 is 1.61 bits per heavy atom. The highest BCUT2D eigenvalue weighted by atomic mass is 79.9. The van der Waals surface area contributed by atoms with Crippen molar-refractivity contribution in [1.82, 2.24) is 10.3 Å². The van der Waals surface area contributed by atoms with Crippen molar-refractivity contribution in [3.05, 3.63) is 16.2 Å². The number of pyridine rings is 1. The third kappa shape index (κ3) is 3.60. The van der Waals surface area contributed by atoms with Gasteiger partial charge in [0.25, 0.3) is 0 Å². The summed E-state index contributed by atoms with van der Waals surface area (Å²) in [4.78, 5) is 15.9. The minimum absolute atomic E-state index is 0.0416. The van der Waals surface area contributed by atoms with Gasteiger partial charge in [-0.15, -0.1) is 0 Å². The molecular weight excluding hydrogens is 296 g/mol. The Kier molecular flexibility index (Phi) is 5.40. The van der Waals surface area contributed by atoms with Crippen molar-refractivity contribution >= 4 is 33.3 Å². The molecule has 100 valence electrons. The smallest absolute Gasteiger partial charge is 0.242 e. The third-order valence-electron chi connectivity index (χ3n) is 2.60. The first-order chi connectivity index (χ1) is 8.47. The zero-order chi connectivity index (χ0) is 13.7. The van der Waals surface area contributed by atoms with Crippen LogP contribution in [0.1, 0.15) is 25.8 Å². The first-order valence-corrected chi connectivity index (χ1v) is 6.71. The minimum Gasteiger partial charge on any atom is -0.397 e. The molecule has 0 aromatic carbocycles. The van der Waals surface area contributed by atoms with Crippen LogP contribution in [0.5, 0.6) is 0 Å². The highest BCUT2D eigenvalue weighted by Gasteiger charge is 2.15. The summed E-state index contributed by atoms with van der Waals surface area (Å²) >= 11 is 3.42. The van der Waals surface area contributed by atoms with E-state index in [1.165, 1.54) is 0 Å². The molecule has 4 N–H and O–H groups in total. The quantitative estimate of drug-likeness (QED) is 0.777. The van der Waals surface area contributed by atoms with E-state index in [0.29, 0.717) is 18.1 Å². The van der Waals surface area contributed by atoms with Gasteiger partial charge in [-0.25, -0.2) is 4.98 Å². The number of halogens is 1.